The van der Waals surface area contributed by atoms with E-state index in [-0.39, 0.29) is 0 Å². The summed E-state index contributed by atoms with van der Waals surface area (Å²) in [4.78, 5) is 38.5. The van der Waals surface area contributed by atoms with Crippen molar-refractivity contribution in [2.75, 3.05) is 0 Å². The summed E-state index contributed by atoms with van der Waals surface area (Å²) in [7, 11) is 2.49. The number of rotatable bonds is 0. The summed E-state index contributed by atoms with van der Waals surface area (Å²) in [5.74, 6) is 0. The van der Waals surface area contributed by atoms with Crippen LogP contribution >= 0.6 is 25.5 Å². The van der Waals surface area contributed by atoms with Gasteiger partial charge in [-0.15, -0.1) is 0 Å². The van der Waals surface area contributed by atoms with E-state index >= 15 is 0 Å². The van der Waals surface area contributed by atoms with E-state index in [1.807, 2.05) is 0 Å². The van der Waals surface area contributed by atoms with Crippen LogP contribution in [0.15, 0.2) is 112 Å². The summed E-state index contributed by atoms with van der Waals surface area (Å²) < 4.78 is 11.3. The monoisotopic (exact) mass is 543 g/mol. The van der Waals surface area contributed by atoms with Crippen molar-refractivity contribution in [2.24, 2.45) is 0 Å². The second kappa shape index (κ2) is 26.8. The molecule has 7 aromatic heterocycles. The minimum absolute atomic E-state index is 0.830. The molecule has 186 valence electrons. The second-order valence-electron chi connectivity index (χ2n) is 5.10. The first-order valence-electron chi connectivity index (χ1n) is 9.76. The Morgan fingerprint density at radius 1 is 0.306 bits per heavy atom. The highest BCUT2D eigenvalue weighted by molar-refractivity contribution is 7.43. The SMILES string of the molecule is c1c[nH]cn1.c1c[nH]cn1.c1c[nH]cn1.c1c[nH]cn1.c1c[nH]cn1.c1c[nH]cn1.n1pnpnp1. The number of hydrogen-bond acceptors (Lipinski definition) is 9. The van der Waals surface area contributed by atoms with E-state index in [4.69, 9.17) is 0 Å². The number of H-pyrrole nitrogens is 6. The van der Waals surface area contributed by atoms with E-state index in [1.165, 1.54) is 0 Å². The van der Waals surface area contributed by atoms with Crippen molar-refractivity contribution in [3.63, 3.8) is 0 Å². The van der Waals surface area contributed by atoms with Gasteiger partial charge >= 0.3 is 0 Å². The molecule has 0 aliphatic heterocycles. The second-order valence-corrected chi connectivity index (χ2v) is 7.78. The van der Waals surface area contributed by atoms with Gasteiger partial charge in [-0.25, -0.2) is 29.9 Å². The van der Waals surface area contributed by atoms with Gasteiger partial charge in [0.05, 0.1) is 38.0 Å². The highest BCUT2D eigenvalue weighted by Gasteiger charge is 1.65. The predicted molar refractivity (Wildman–Crippen MR) is 139 cm³/mol. The van der Waals surface area contributed by atoms with Crippen LogP contribution < -0.4 is 0 Å². The zero-order valence-electron chi connectivity index (χ0n) is 18.8. The average molecular weight is 543 g/mol. The Labute approximate surface area is 211 Å². The van der Waals surface area contributed by atoms with Crippen molar-refractivity contribution in [1.29, 1.82) is 0 Å². The Kier molecular flexibility index (Phi) is 22.0. The predicted octanol–water partition coefficient (Wildman–Crippen LogP) is 4.07. The maximum absolute atomic E-state index is 3.78. The molecule has 6 N–H and O–H groups in total. The highest BCUT2D eigenvalue weighted by atomic mass is 31.1. The Hall–Kier alpha value is -4.44. The fourth-order valence-corrected chi connectivity index (χ4v) is 3.22. The minimum Gasteiger partial charge on any atom is -0.351 e. The number of nitrogens with one attached hydrogen (secondary N) is 6. The molecule has 0 aliphatic rings. The standard InChI is InChI=1S/6C3H4N2.N3P3/c6*1-2-5-3-4-1;1-4-2-6-3-5-1/h6*1-3H,(H,4,5);. The molecule has 0 aliphatic carbocycles. The molecule has 0 unspecified atom stereocenters. The zero-order chi connectivity index (χ0) is 25.5. The lowest BCUT2D eigenvalue weighted by molar-refractivity contribution is 1.31. The third kappa shape index (κ3) is 24.2. The summed E-state index contributed by atoms with van der Waals surface area (Å²) in [5.41, 5.74) is 0. The Balaban J connectivity index is 0.000000210. The number of imidazole rings is 6. The van der Waals surface area contributed by atoms with Gasteiger partial charge in [0.15, 0.2) is 25.5 Å². The molecule has 18 heteroatoms. The number of aromatic nitrogens is 15. The summed E-state index contributed by atoms with van der Waals surface area (Å²) >= 11 is 0. The number of hydrogen-bond donors (Lipinski definition) is 6. The van der Waals surface area contributed by atoms with Crippen LogP contribution in [0.2, 0.25) is 0 Å². The van der Waals surface area contributed by atoms with Gasteiger partial charge in [0, 0.05) is 74.4 Å². The van der Waals surface area contributed by atoms with Gasteiger partial charge in [0.1, 0.15) is 0 Å². The molecule has 0 atom stereocenters. The van der Waals surface area contributed by atoms with Crippen molar-refractivity contribution >= 4 is 25.5 Å². The molecule has 0 saturated carbocycles. The smallest absolute Gasteiger partial charge is 0.166 e. The van der Waals surface area contributed by atoms with Gasteiger partial charge in [-0.2, -0.15) is 13.5 Å². The molecule has 0 saturated heterocycles. The van der Waals surface area contributed by atoms with Gasteiger partial charge in [0.2, 0.25) is 0 Å². The van der Waals surface area contributed by atoms with Gasteiger partial charge in [-0.05, 0) is 0 Å². The fourth-order valence-electron chi connectivity index (χ4n) is 1.40. The van der Waals surface area contributed by atoms with Crippen LogP contribution in [0.4, 0.5) is 0 Å². The molecule has 7 heterocycles. The molecule has 0 spiro atoms. The van der Waals surface area contributed by atoms with Crippen LogP contribution in [0.1, 0.15) is 0 Å². The quantitative estimate of drug-likeness (QED) is 0.162. The first-order valence-corrected chi connectivity index (χ1v) is 12.2. The van der Waals surface area contributed by atoms with Crippen LogP contribution in [0.3, 0.4) is 0 Å². The van der Waals surface area contributed by atoms with Gasteiger partial charge < -0.3 is 29.9 Å². The van der Waals surface area contributed by atoms with E-state index in [2.05, 4.69) is 73.3 Å². The Morgan fingerprint density at radius 3 is 0.556 bits per heavy atom. The molecule has 7 rings (SSSR count). The molecule has 15 nitrogen and oxygen atoms in total. The molecular weight excluding hydrogens is 519 g/mol. The average Bonchev–Trinajstić information content (AvgIpc) is 3.81. The molecule has 0 bridgehead atoms. The van der Waals surface area contributed by atoms with E-state index in [0.717, 1.165) is 25.5 Å². The third-order valence-corrected chi connectivity index (χ3v) is 4.60. The summed E-state index contributed by atoms with van der Waals surface area (Å²) in [5, 5.41) is 0. The van der Waals surface area contributed by atoms with E-state index in [0.29, 0.717) is 0 Å². The van der Waals surface area contributed by atoms with Gasteiger partial charge in [-0.3, -0.25) is 0 Å². The molecule has 7 aromatic rings. The zero-order valence-corrected chi connectivity index (χ0v) is 21.4. The van der Waals surface area contributed by atoms with Gasteiger partial charge in [-0.1, -0.05) is 0 Å². The molecule has 0 fully saturated rings. The maximum Gasteiger partial charge on any atom is 0.166 e. The van der Waals surface area contributed by atoms with Gasteiger partial charge in [0.25, 0.3) is 0 Å². The van der Waals surface area contributed by atoms with Crippen molar-refractivity contribution in [3.8, 4) is 0 Å². The Morgan fingerprint density at radius 2 is 0.500 bits per heavy atom. The fraction of sp³-hybridized carbons (Fsp3) is 0. The summed E-state index contributed by atoms with van der Waals surface area (Å²) in [6.07, 6.45) is 30.5. The van der Waals surface area contributed by atoms with Crippen LogP contribution in [0.5, 0.6) is 0 Å². The lowest BCUT2D eigenvalue weighted by Gasteiger charge is -1.64. The molecule has 0 aromatic carbocycles. The largest absolute Gasteiger partial charge is 0.351 e. The number of aromatic amines is 6. The third-order valence-electron chi connectivity index (χ3n) is 2.68. The van der Waals surface area contributed by atoms with Crippen LogP contribution in [-0.4, -0.2) is 73.3 Å². The number of nitrogens with zero attached hydrogens (tertiary/aromatic N) is 9. The first-order chi connectivity index (χ1) is 18.0. The van der Waals surface area contributed by atoms with Crippen molar-refractivity contribution in [2.45, 2.75) is 0 Å². The minimum atomic E-state index is 0.830. The Bertz CT molecular complexity index is 785. The summed E-state index contributed by atoms with van der Waals surface area (Å²) in [6, 6.07) is 0. The van der Waals surface area contributed by atoms with Crippen molar-refractivity contribution < 1.29 is 0 Å². The maximum atomic E-state index is 3.78. The molecule has 0 radical (unpaired) electrons. The lowest BCUT2D eigenvalue weighted by Crippen LogP contribution is -1.47. The normalized spacial score (nSPS) is 8.67. The van der Waals surface area contributed by atoms with Crippen LogP contribution in [0, 0.1) is 0 Å². The van der Waals surface area contributed by atoms with E-state index in [9.17, 15) is 0 Å². The van der Waals surface area contributed by atoms with E-state index < -0.39 is 0 Å². The van der Waals surface area contributed by atoms with Crippen molar-refractivity contribution in [3.05, 3.63) is 112 Å². The summed E-state index contributed by atoms with van der Waals surface area (Å²) in [6.45, 7) is 0. The first kappa shape index (κ1) is 29.6. The van der Waals surface area contributed by atoms with E-state index in [1.54, 1.807) is 112 Å². The molecular formula is C18H24N15P3. The van der Waals surface area contributed by atoms with Crippen LogP contribution in [-0.2, 0) is 0 Å². The van der Waals surface area contributed by atoms with Crippen LogP contribution in [0.25, 0.3) is 0 Å². The van der Waals surface area contributed by atoms with Crippen molar-refractivity contribution in [1.82, 2.24) is 73.3 Å². The molecule has 0 amide bonds. The highest BCUT2D eigenvalue weighted by Crippen LogP contribution is 2.01. The topological polar surface area (TPSA) is 211 Å². The lowest BCUT2D eigenvalue weighted by atomic mass is 11.0. The molecule has 36 heavy (non-hydrogen) atoms.